The number of methoxy groups -OCH3 is 1. The topological polar surface area (TPSA) is 62.7 Å². The minimum Gasteiger partial charge on any atom is -0.378 e. The average molecular weight is 239 g/mol. The fraction of sp³-hybridized carbons (Fsp3) is 0.833. The number of carbonyl (C=O) groups is 1. The zero-order valence-corrected chi connectivity index (χ0v) is 10.7. The van der Waals surface area contributed by atoms with E-state index in [1.807, 2.05) is 13.8 Å². The number of guanidine groups is 1. The average Bonchev–Trinajstić information content (AvgIpc) is 2.55. The lowest BCUT2D eigenvalue weighted by Gasteiger charge is -2.37. The van der Waals surface area contributed by atoms with Crippen LogP contribution in [0.3, 0.4) is 0 Å². The van der Waals surface area contributed by atoms with Gasteiger partial charge in [-0.25, -0.2) is 0 Å². The molecule has 5 heteroatoms. The summed E-state index contributed by atoms with van der Waals surface area (Å²) in [5.74, 6) is 0.595. The van der Waals surface area contributed by atoms with E-state index in [1.165, 1.54) is 0 Å². The van der Waals surface area contributed by atoms with E-state index in [0.717, 1.165) is 25.7 Å². The van der Waals surface area contributed by atoms with Gasteiger partial charge in [-0.1, -0.05) is 12.8 Å². The highest BCUT2D eigenvalue weighted by molar-refractivity contribution is 6.09. The molecule has 0 radical (unpaired) electrons. The van der Waals surface area contributed by atoms with Crippen LogP contribution in [0.2, 0.25) is 0 Å². The molecule has 0 aromatic rings. The zero-order chi connectivity index (χ0) is 12.5. The number of rotatable bonds is 2. The summed E-state index contributed by atoms with van der Waals surface area (Å²) in [4.78, 5) is 16.5. The van der Waals surface area contributed by atoms with E-state index >= 15 is 0 Å². The Morgan fingerprint density at radius 1 is 1.47 bits per heavy atom. The number of hydrogen-bond donors (Lipinski definition) is 2. The van der Waals surface area contributed by atoms with Gasteiger partial charge in [0.05, 0.1) is 6.10 Å². The highest BCUT2D eigenvalue weighted by Gasteiger charge is 2.52. The van der Waals surface area contributed by atoms with Crippen molar-refractivity contribution in [2.24, 2.45) is 4.99 Å². The van der Waals surface area contributed by atoms with Crippen molar-refractivity contribution >= 4 is 11.9 Å². The molecule has 0 bridgehead atoms. The molecule has 17 heavy (non-hydrogen) atoms. The SMILES string of the molecule is COC1CCCCC12NC(=NC(C)C)NC2=O. The van der Waals surface area contributed by atoms with Gasteiger partial charge in [-0.05, 0) is 26.7 Å². The van der Waals surface area contributed by atoms with Crippen molar-refractivity contribution < 1.29 is 9.53 Å². The maximum atomic E-state index is 12.2. The van der Waals surface area contributed by atoms with Crippen LogP contribution in [0.4, 0.5) is 0 Å². The number of hydrogen-bond acceptors (Lipinski definition) is 3. The molecule has 1 saturated heterocycles. The molecule has 2 atom stereocenters. The quantitative estimate of drug-likeness (QED) is 0.749. The molecular weight excluding hydrogens is 218 g/mol. The van der Waals surface area contributed by atoms with E-state index in [9.17, 15) is 4.79 Å². The fourth-order valence-corrected chi connectivity index (χ4v) is 2.70. The Labute approximate surface area is 102 Å². The normalized spacial score (nSPS) is 35.4. The van der Waals surface area contributed by atoms with E-state index in [1.54, 1.807) is 7.11 Å². The third-order valence-corrected chi connectivity index (χ3v) is 3.49. The number of aliphatic imine (C=N–C) groups is 1. The summed E-state index contributed by atoms with van der Waals surface area (Å²) in [5.41, 5.74) is -0.597. The van der Waals surface area contributed by atoms with Gasteiger partial charge in [-0.15, -0.1) is 0 Å². The van der Waals surface area contributed by atoms with Crippen LogP contribution in [-0.4, -0.2) is 36.7 Å². The minimum atomic E-state index is -0.597. The van der Waals surface area contributed by atoms with E-state index in [0.29, 0.717) is 5.96 Å². The molecule has 0 aromatic heterocycles. The number of ether oxygens (including phenoxy) is 1. The summed E-state index contributed by atoms with van der Waals surface area (Å²) < 4.78 is 5.47. The first-order chi connectivity index (χ1) is 8.08. The van der Waals surface area contributed by atoms with Crippen molar-refractivity contribution in [3.05, 3.63) is 0 Å². The van der Waals surface area contributed by atoms with Crippen LogP contribution in [0.5, 0.6) is 0 Å². The van der Waals surface area contributed by atoms with E-state index in [-0.39, 0.29) is 18.1 Å². The van der Waals surface area contributed by atoms with Gasteiger partial charge >= 0.3 is 0 Å². The number of amides is 1. The Kier molecular flexibility index (Phi) is 3.38. The van der Waals surface area contributed by atoms with Gasteiger partial charge in [0, 0.05) is 13.2 Å². The first-order valence-electron chi connectivity index (χ1n) is 6.29. The van der Waals surface area contributed by atoms with Crippen LogP contribution >= 0.6 is 0 Å². The van der Waals surface area contributed by atoms with Crippen LogP contribution in [0.15, 0.2) is 4.99 Å². The summed E-state index contributed by atoms with van der Waals surface area (Å²) in [6, 6.07) is 0.164. The monoisotopic (exact) mass is 239 g/mol. The maximum Gasteiger partial charge on any atom is 0.255 e. The van der Waals surface area contributed by atoms with Gasteiger partial charge in [0.1, 0.15) is 5.54 Å². The number of nitrogens with zero attached hydrogens (tertiary/aromatic N) is 1. The Morgan fingerprint density at radius 2 is 2.24 bits per heavy atom. The summed E-state index contributed by atoms with van der Waals surface area (Å²) >= 11 is 0. The Morgan fingerprint density at radius 3 is 2.88 bits per heavy atom. The van der Waals surface area contributed by atoms with Crippen molar-refractivity contribution in [2.45, 2.75) is 57.2 Å². The Balaban J connectivity index is 2.22. The molecule has 2 unspecified atom stereocenters. The van der Waals surface area contributed by atoms with E-state index < -0.39 is 5.54 Å². The van der Waals surface area contributed by atoms with Crippen LogP contribution < -0.4 is 10.6 Å². The molecule has 2 N–H and O–H groups in total. The van der Waals surface area contributed by atoms with Crippen molar-refractivity contribution in [2.75, 3.05) is 7.11 Å². The molecule has 1 amide bonds. The molecule has 0 aromatic carbocycles. The van der Waals surface area contributed by atoms with Gasteiger partial charge in [-0.2, -0.15) is 0 Å². The van der Waals surface area contributed by atoms with Gasteiger partial charge in [-0.3, -0.25) is 15.1 Å². The molecule has 1 aliphatic heterocycles. The summed E-state index contributed by atoms with van der Waals surface area (Å²) in [7, 11) is 1.67. The minimum absolute atomic E-state index is 0.00319. The van der Waals surface area contributed by atoms with Crippen molar-refractivity contribution in [1.29, 1.82) is 0 Å². The molecule has 1 spiro atoms. The first kappa shape index (κ1) is 12.4. The van der Waals surface area contributed by atoms with Crippen molar-refractivity contribution in [3.8, 4) is 0 Å². The second-order valence-electron chi connectivity index (χ2n) is 5.09. The number of nitrogens with one attached hydrogen (secondary N) is 2. The highest BCUT2D eigenvalue weighted by atomic mass is 16.5. The molecule has 2 rings (SSSR count). The van der Waals surface area contributed by atoms with Gasteiger partial charge in [0.25, 0.3) is 5.91 Å². The van der Waals surface area contributed by atoms with E-state index in [4.69, 9.17) is 4.74 Å². The molecule has 96 valence electrons. The van der Waals surface area contributed by atoms with Gasteiger partial charge in [0.2, 0.25) is 0 Å². The standard InChI is InChI=1S/C12H21N3O2/c1-8(2)13-11-14-10(16)12(15-11)7-5-4-6-9(12)17-3/h8-9H,4-7H2,1-3H3,(H2,13,14,15,16). The van der Waals surface area contributed by atoms with Crippen molar-refractivity contribution in [1.82, 2.24) is 10.6 Å². The molecule has 1 saturated carbocycles. The molecule has 1 aliphatic carbocycles. The smallest absolute Gasteiger partial charge is 0.255 e. The molecule has 5 nitrogen and oxygen atoms in total. The second kappa shape index (κ2) is 4.64. The first-order valence-corrected chi connectivity index (χ1v) is 6.29. The summed E-state index contributed by atoms with van der Waals surface area (Å²) in [6.07, 6.45) is 3.85. The fourth-order valence-electron chi connectivity index (χ4n) is 2.70. The Hall–Kier alpha value is -1.10. The van der Waals surface area contributed by atoms with Crippen molar-refractivity contribution in [3.63, 3.8) is 0 Å². The number of carbonyl (C=O) groups excluding carboxylic acids is 1. The summed E-state index contributed by atoms with van der Waals surface area (Å²) in [5, 5.41) is 6.08. The van der Waals surface area contributed by atoms with Crippen LogP contribution in [0, 0.1) is 0 Å². The zero-order valence-electron chi connectivity index (χ0n) is 10.7. The third kappa shape index (κ3) is 2.16. The molecular formula is C12H21N3O2. The van der Waals surface area contributed by atoms with Crippen LogP contribution in [0.25, 0.3) is 0 Å². The maximum absolute atomic E-state index is 12.2. The molecule has 1 heterocycles. The lowest BCUT2D eigenvalue weighted by molar-refractivity contribution is -0.131. The largest absolute Gasteiger partial charge is 0.378 e. The highest BCUT2D eigenvalue weighted by Crippen LogP contribution is 2.32. The summed E-state index contributed by atoms with van der Waals surface area (Å²) in [6.45, 7) is 3.97. The van der Waals surface area contributed by atoms with E-state index in [2.05, 4.69) is 15.6 Å². The lowest BCUT2D eigenvalue weighted by atomic mass is 9.79. The Bertz CT molecular complexity index is 341. The van der Waals surface area contributed by atoms with Crippen LogP contribution in [-0.2, 0) is 9.53 Å². The van der Waals surface area contributed by atoms with Gasteiger partial charge < -0.3 is 10.1 Å². The molecule has 2 aliphatic rings. The predicted octanol–water partition coefficient (Wildman–Crippen LogP) is 0.798. The lowest BCUT2D eigenvalue weighted by Crippen LogP contribution is -2.58. The molecule has 2 fully saturated rings. The van der Waals surface area contributed by atoms with Crippen LogP contribution in [0.1, 0.15) is 39.5 Å². The predicted molar refractivity (Wildman–Crippen MR) is 65.8 cm³/mol. The second-order valence-corrected chi connectivity index (χ2v) is 5.09. The third-order valence-electron chi connectivity index (χ3n) is 3.49. The van der Waals surface area contributed by atoms with Gasteiger partial charge in [0.15, 0.2) is 5.96 Å².